The lowest BCUT2D eigenvalue weighted by Gasteiger charge is -1.92. The molecule has 0 spiro atoms. The molecule has 0 radical (unpaired) electrons. The van der Waals surface area contributed by atoms with Crippen LogP contribution < -0.4 is 5.73 Å². The number of halogens is 1. The number of hydrogen-bond donors (Lipinski definition) is 1. The van der Waals surface area contributed by atoms with Crippen molar-refractivity contribution in [2.45, 2.75) is 0 Å². The van der Waals surface area contributed by atoms with Gasteiger partial charge < -0.3 is 5.73 Å². The number of rotatable bonds is 1. The van der Waals surface area contributed by atoms with E-state index in [0.29, 0.717) is 5.69 Å². The summed E-state index contributed by atoms with van der Waals surface area (Å²) in [7, 11) is 0. The second-order valence-corrected chi connectivity index (χ2v) is 3.37. The highest BCUT2D eigenvalue weighted by atomic mass is 32.1. The first-order valence-electron chi connectivity index (χ1n) is 3.60. The van der Waals surface area contributed by atoms with E-state index in [1.807, 2.05) is 0 Å². The quantitative estimate of drug-likeness (QED) is 0.756. The van der Waals surface area contributed by atoms with Gasteiger partial charge >= 0.3 is 0 Å². The zero-order chi connectivity index (χ0) is 9.26. The molecule has 0 unspecified atom stereocenters. The maximum absolute atomic E-state index is 13.1. The summed E-state index contributed by atoms with van der Waals surface area (Å²) >= 11 is 0.824. The van der Waals surface area contributed by atoms with E-state index in [4.69, 9.17) is 5.73 Å². The predicted octanol–water partition coefficient (Wildman–Crippen LogP) is 1.93. The number of nitrogen functional groups attached to an aromatic ring is 1. The van der Waals surface area contributed by atoms with E-state index in [0.717, 1.165) is 11.3 Å². The molecule has 0 amide bonds. The Morgan fingerprint density at radius 2 is 2.23 bits per heavy atom. The minimum atomic E-state index is -0.392. The number of hydrogen-bond acceptors (Lipinski definition) is 4. The molecule has 66 valence electrons. The van der Waals surface area contributed by atoms with Crippen LogP contribution >= 0.6 is 11.3 Å². The van der Waals surface area contributed by atoms with Crippen LogP contribution in [0.1, 0.15) is 0 Å². The van der Waals surface area contributed by atoms with Crippen LogP contribution in [0.2, 0.25) is 0 Å². The van der Waals surface area contributed by atoms with Gasteiger partial charge in [-0.2, -0.15) is 4.39 Å². The number of aromatic nitrogens is 2. The van der Waals surface area contributed by atoms with Gasteiger partial charge in [-0.05, 0) is 12.1 Å². The van der Waals surface area contributed by atoms with E-state index < -0.39 is 5.13 Å². The molecule has 2 rings (SSSR count). The van der Waals surface area contributed by atoms with E-state index in [9.17, 15) is 4.39 Å². The average molecular weight is 195 g/mol. The van der Waals surface area contributed by atoms with Gasteiger partial charge in [-0.25, -0.2) is 4.98 Å². The summed E-state index contributed by atoms with van der Waals surface area (Å²) in [5, 5.41) is -0.172. The number of anilines is 1. The average Bonchev–Trinajstić information content (AvgIpc) is 2.47. The SMILES string of the molecule is Nc1nc(-c2ccccn2)c(F)s1. The summed E-state index contributed by atoms with van der Waals surface area (Å²) in [6.07, 6.45) is 1.59. The number of nitrogens with zero attached hydrogens (tertiary/aromatic N) is 2. The Labute approximate surface area is 78.1 Å². The Kier molecular flexibility index (Phi) is 1.94. The van der Waals surface area contributed by atoms with Crippen molar-refractivity contribution in [3.8, 4) is 11.4 Å². The van der Waals surface area contributed by atoms with Gasteiger partial charge in [0.1, 0.15) is 5.69 Å². The van der Waals surface area contributed by atoms with Crippen molar-refractivity contribution >= 4 is 16.5 Å². The molecule has 0 atom stereocenters. The highest BCUT2D eigenvalue weighted by Crippen LogP contribution is 2.25. The van der Waals surface area contributed by atoms with Crippen molar-refractivity contribution in [2.75, 3.05) is 5.73 Å². The molecule has 3 nitrogen and oxygen atoms in total. The molecule has 0 aromatic carbocycles. The van der Waals surface area contributed by atoms with Gasteiger partial charge in [0.05, 0.1) is 5.69 Å². The van der Waals surface area contributed by atoms with Crippen molar-refractivity contribution in [3.63, 3.8) is 0 Å². The zero-order valence-corrected chi connectivity index (χ0v) is 7.38. The van der Waals surface area contributed by atoms with E-state index >= 15 is 0 Å². The lowest BCUT2D eigenvalue weighted by atomic mass is 10.3. The first kappa shape index (κ1) is 8.12. The molecule has 0 bridgehead atoms. The predicted molar refractivity (Wildman–Crippen MR) is 49.7 cm³/mol. The minimum absolute atomic E-state index is 0.221. The summed E-state index contributed by atoms with van der Waals surface area (Å²) < 4.78 is 13.1. The summed E-state index contributed by atoms with van der Waals surface area (Å²) in [5.41, 5.74) is 6.09. The van der Waals surface area contributed by atoms with Crippen LogP contribution in [0.3, 0.4) is 0 Å². The Bertz CT molecular complexity index is 413. The first-order chi connectivity index (χ1) is 6.27. The van der Waals surface area contributed by atoms with Gasteiger partial charge in [0.15, 0.2) is 5.13 Å². The number of thiazole rings is 1. The second kappa shape index (κ2) is 3.10. The second-order valence-electron chi connectivity index (χ2n) is 2.39. The molecule has 0 aliphatic rings. The molecular weight excluding hydrogens is 189 g/mol. The third-order valence-electron chi connectivity index (χ3n) is 1.51. The third kappa shape index (κ3) is 1.50. The molecular formula is C8H6FN3S. The molecule has 13 heavy (non-hydrogen) atoms. The Balaban J connectivity index is 2.53. The number of pyridine rings is 1. The monoisotopic (exact) mass is 195 g/mol. The maximum atomic E-state index is 13.1. The molecule has 0 saturated heterocycles. The van der Waals surface area contributed by atoms with Crippen molar-refractivity contribution in [2.24, 2.45) is 0 Å². The van der Waals surface area contributed by atoms with Crippen LogP contribution in [0, 0.1) is 5.13 Å². The van der Waals surface area contributed by atoms with Gasteiger partial charge in [-0.15, -0.1) is 0 Å². The Hall–Kier alpha value is -1.49. The van der Waals surface area contributed by atoms with Crippen molar-refractivity contribution in [3.05, 3.63) is 29.5 Å². The lowest BCUT2D eigenvalue weighted by Crippen LogP contribution is -1.86. The van der Waals surface area contributed by atoms with Crippen LogP contribution in [0.15, 0.2) is 24.4 Å². The molecule has 0 saturated carbocycles. The molecule has 5 heteroatoms. The fraction of sp³-hybridized carbons (Fsp3) is 0. The van der Waals surface area contributed by atoms with Gasteiger partial charge in [-0.3, -0.25) is 4.98 Å². The van der Waals surface area contributed by atoms with Crippen LogP contribution in [-0.2, 0) is 0 Å². The van der Waals surface area contributed by atoms with E-state index in [-0.39, 0.29) is 10.8 Å². The van der Waals surface area contributed by atoms with Crippen LogP contribution in [0.25, 0.3) is 11.4 Å². The summed E-state index contributed by atoms with van der Waals surface area (Å²) in [5.74, 6) is 0. The highest BCUT2D eigenvalue weighted by molar-refractivity contribution is 7.14. The van der Waals surface area contributed by atoms with E-state index in [1.54, 1.807) is 24.4 Å². The van der Waals surface area contributed by atoms with Gasteiger partial charge in [0.25, 0.3) is 0 Å². The van der Waals surface area contributed by atoms with Crippen LogP contribution in [0.4, 0.5) is 9.52 Å². The molecule has 0 fully saturated rings. The molecule has 0 aliphatic carbocycles. The van der Waals surface area contributed by atoms with Crippen LogP contribution in [-0.4, -0.2) is 9.97 Å². The van der Waals surface area contributed by atoms with E-state index in [1.165, 1.54) is 0 Å². The van der Waals surface area contributed by atoms with Gasteiger partial charge in [0, 0.05) is 6.20 Å². The Morgan fingerprint density at radius 1 is 1.38 bits per heavy atom. The summed E-state index contributed by atoms with van der Waals surface area (Å²) in [4.78, 5) is 7.81. The Morgan fingerprint density at radius 3 is 2.77 bits per heavy atom. The topological polar surface area (TPSA) is 51.8 Å². The smallest absolute Gasteiger partial charge is 0.207 e. The molecule has 2 aromatic heterocycles. The molecule has 0 aliphatic heterocycles. The molecule has 2 heterocycles. The summed E-state index contributed by atoms with van der Waals surface area (Å²) in [6.45, 7) is 0. The van der Waals surface area contributed by atoms with E-state index in [2.05, 4.69) is 9.97 Å². The summed E-state index contributed by atoms with van der Waals surface area (Å²) in [6, 6.07) is 5.23. The fourth-order valence-electron chi connectivity index (χ4n) is 0.978. The zero-order valence-electron chi connectivity index (χ0n) is 6.57. The number of nitrogens with two attached hydrogens (primary N) is 1. The first-order valence-corrected chi connectivity index (χ1v) is 4.42. The molecule has 2 N–H and O–H groups in total. The normalized spacial score (nSPS) is 10.2. The maximum Gasteiger partial charge on any atom is 0.207 e. The largest absolute Gasteiger partial charge is 0.375 e. The van der Waals surface area contributed by atoms with Gasteiger partial charge in [0.2, 0.25) is 5.13 Å². The van der Waals surface area contributed by atoms with Crippen molar-refractivity contribution in [1.29, 1.82) is 0 Å². The fourth-order valence-corrected chi connectivity index (χ4v) is 1.55. The third-order valence-corrected chi connectivity index (χ3v) is 2.18. The lowest BCUT2D eigenvalue weighted by molar-refractivity contribution is 0.656. The van der Waals surface area contributed by atoms with Crippen molar-refractivity contribution in [1.82, 2.24) is 9.97 Å². The van der Waals surface area contributed by atoms with Crippen LogP contribution in [0.5, 0.6) is 0 Å². The minimum Gasteiger partial charge on any atom is -0.375 e. The molecule has 2 aromatic rings. The highest BCUT2D eigenvalue weighted by Gasteiger charge is 2.11. The van der Waals surface area contributed by atoms with Crippen molar-refractivity contribution < 1.29 is 4.39 Å². The standard InChI is InChI=1S/C8H6FN3S/c9-7-6(12-8(10)13-7)5-3-1-2-4-11-5/h1-4H,(H2,10,12). The van der Waals surface area contributed by atoms with Gasteiger partial charge in [-0.1, -0.05) is 17.4 Å².